The second-order valence-electron chi connectivity index (χ2n) is 3.51. The van der Waals surface area contributed by atoms with E-state index < -0.39 is 0 Å². The van der Waals surface area contributed by atoms with E-state index in [1.165, 1.54) is 0 Å². The molecule has 0 radical (unpaired) electrons. The number of nitrogens with two attached hydrogens (primary N) is 1. The highest BCUT2D eigenvalue weighted by Crippen LogP contribution is 2.16. The number of hydrazine groups is 1. The van der Waals surface area contributed by atoms with Gasteiger partial charge in [-0.3, -0.25) is 10.6 Å². The lowest BCUT2D eigenvalue weighted by Crippen LogP contribution is -2.17. The molecule has 2 rings (SSSR count). The molecule has 0 saturated heterocycles. The number of benzene rings is 1. The number of nitrogens with zero attached hydrogens (tertiary/aromatic N) is 1. The normalized spacial score (nSPS) is 9.89. The molecule has 92 valence electrons. The molecule has 6 heteroatoms. The Labute approximate surface area is 113 Å². The Hall–Kier alpha value is -1.92. The van der Waals surface area contributed by atoms with Crippen LogP contribution in [0.3, 0.4) is 0 Å². The summed E-state index contributed by atoms with van der Waals surface area (Å²) in [5, 5.41) is 2.69. The molecule has 0 fully saturated rings. The third kappa shape index (κ3) is 2.85. The predicted molar refractivity (Wildman–Crippen MR) is 74.1 cm³/mol. The fraction of sp³-hybridized carbons (Fsp3) is 0. The van der Waals surface area contributed by atoms with Gasteiger partial charge in [0.05, 0.1) is 11.3 Å². The highest BCUT2D eigenvalue weighted by Gasteiger charge is 2.10. The summed E-state index contributed by atoms with van der Waals surface area (Å²) in [6.45, 7) is 0. The molecule has 2 aromatic rings. The number of hydrogen-bond donors (Lipinski definition) is 3. The Morgan fingerprint density at radius 1 is 1.22 bits per heavy atom. The first-order valence-electron chi connectivity index (χ1n) is 5.19. The van der Waals surface area contributed by atoms with Crippen molar-refractivity contribution in [2.45, 2.75) is 0 Å². The van der Waals surface area contributed by atoms with E-state index in [2.05, 4.69) is 31.7 Å². The topological polar surface area (TPSA) is 80.0 Å². The molecule has 0 bridgehead atoms. The van der Waals surface area contributed by atoms with E-state index in [-0.39, 0.29) is 5.91 Å². The van der Waals surface area contributed by atoms with Gasteiger partial charge >= 0.3 is 0 Å². The Morgan fingerprint density at radius 2 is 2.00 bits per heavy atom. The van der Waals surface area contributed by atoms with E-state index >= 15 is 0 Å². The SMILES string of the molecule is NNc1ccccc1C(=O)Nc1ccc(Br)cn1. The quantitative estimate of drug-likeness (QED) is 0.601. The molecule has 5 nitrogen and oxygen atoms in total. The maximum absolute atomic E-state index is 12.0. The number of pyridine rings is 1. The molecular formula is C12H11BrN4O. The van der Waals surface area contributed by atoms with Gasteiger partial charge in [-0.25, -0.2) is 4.98 Å². The van der Waals surface area contributed by atoms with E-state index in [1.807, 2.05) is 0 Å². The van der Waals surface area contributed by atoms with E-state index in [0.29, 0.717) is 17.1 Å². The van der Waals surface area contributed by atoms with Crippen molar-refractivity contribution in [1.29, 1.82) is 0 Å². The van der Waals surface area contributed by atoms with Gasteiger partial charge in [-0.15, -0.1) is 0 Å². The molecule has 0 saturated carbocycles. The number of rotatable bonds is 3. The number of hydrogen-bond acceptors (Lipinski definition) is 4. The molecule has 1 aromatic carbocycles. The molecule has 0 aliphatic rings. The van der Waals surface area contributed by atoms with Crippen LogP contribution in [-0.4, -0.2) is 10.9 Å². The van der Waals surface area contributed by atoms with Gasteiger partial charge < -0.3 is 10.7 Å². The fourth-order valence-electron chi connectivity index (χ4n) is 1.44. The van der Waals surface area contributed by atoms with E-state index in [1.54, 1.807) is 42.6 Å². The van der Waals surface area contributed by atoms with Crippen LogP contribution in [0.25, 0.3) is 0 Å². The largest absolute Gasteiger partial charge is 0.323 e. The second kappa shape index (κ2) is 5.61. The third-order valence-corrected chi connectivity index (χ3v) is 2.77. The summed E-state index contributed by atoms with van der Waals surface area (Å²) in [6, 6.07) is 10.5. The molecule has 1 aromatic heterocycles. The Morgan fingerprint density at radius 3 is 2.67 bits per heavy atom. The zero-order valence-corrected chi connectivity index (χ0v) is 10.9. The summed E-state index contributed by atoms with van der Waals surface area (Å²) in [5.74, 6) is 5.57. The van der Waals surface area contributed by atoms with Crippen LogP contribution in [0.5, 0.6) is 0 Å². The van der Waals surface area contributed by atoms with Crippen molar-refractivity contribution in [3.63, 3.8) is 0 Å². The smallest absolute Gasteiger partial charge is 0.258 e. The average Bonchev–Trinajstić information content (AvgIpc) is 2.41. The summed E-state index contributed by atoms with van der Waals surface area (Å²) in [4.78, 5) is 16.1. The van der Waals surface area contributed by atoms with Crippen LogP contribution in [0.15, 0.2) is 47.1 Å². The molecule has 4 N–H and O–H groups in total. The van der Waals surface area contributed by atoms with Gasteiger partial charge in [-0.05, 0) is 40.2 Å². The second-order valence-corrected chi connectivity index (χ2v) is 4.42. The van der Waals surface area contributed by atoms with Crippen LogP contribution in [-0.2, 0) is 0 Å². The van der Waals surface area contributed by atoms with E-state index in [4.69, 9.17) is 5.84 Å². The van der Waals surface area contributed by atoms with Crippen LogP contribution >= 0.6 is 15.9 Å². The Balaban J connectivity index is 2.19. The van der Waals surface area contributed by atoms with Gasteiger partial charge in [0.2, 0.25) is 0 Å². The van der Waals surface area contributed by atoms with Gasteiger partial charge in [0.1, 0.15) is 5.82 Å². The zero-order valence-electron chi connectivity index (χ0n) is 9.35. The molecule has 1 heterocycles. The summed E-state index contributed by atoms with van der Waals surface area (Å²) < 4.78 is 0.851. The van der Waals surface area contributed by atoms with Crippen molar-refractivity contribution in [2.24, 2.45) is 5.84 Å². The number of halogens is 1. The number of anilines is 2. The number of nitrogens with one attached hydrogen (secondary N) is 2. The van der Waals surface area contributed by atoms with Gasteiger partial charge in [0, 0.05) is 10.7 Å². The molecule has 0 unspecified atom stereocenters. The Bertz CT molecular complexity index is 556. The number of para-hydroxylation sites is 1. The van der Waals surface area contributed by atoms with Crippen molar-refractivity contribution in [3.8, 4) is 0 Å². The van der Waals surface area contributed by atoms with Crippen molar-refractivity contribution in [3.05, 3.63) is 52.6 Å². The lowest BCUT2D eigenvalue weighted by atomic mass is 10.1. The minimum absolute atomic E-state index is 0.265. The molecule has 1 amide bonds. The standard InChI is InChI=1S/C12H11BrN4O/c13-8-5-6-11(15-7-8)16-12(18)9-3-1-2-4-10(9)17-14/h1-7,17H,14H2,(H,15,16,18). The maximum Gasteiger partial charge on any atom is 0.258 e. The first kappa shape index (κ1) is 12.5. The summed E-state index contributed by atoms with van der Waals surface area (Å²) in [6.07, 6.45) is 1.61. The van der Waals surface area contributed by atoms with Gasteiger partial charge in [-0.1, -0.05) is 12.1 Å². The van der Waals surface area contributed by atoms with Gasteiger partial charge in [0.15, 0.2) is 0 Å². The number of carbonyl (C=O) groups is 1. The molecule has 0 aliphatic carbocycles. The van der Waals surface area contributed by atoms with Crippen molar-refractivity contribution >= 4 is 33.3 Å². The molecule has 18 heavy (non-hydrogen) atoms. The number of carbonyl (C=O) groups excluding carboxylic acids is 1. The lowest BCUT2D eigenvalue weighted by molar-refractivity contribution is 0.102. The molecule has 0 atom stereocenters. The van der Waals surface area contributed by atoms with Crippen LogP contribution in [0.4, 0.5) is 11.5 Å². The molecule has 0 spiro atoms. The minimum atomic E-state index is -0.265. The van der Waals surface area contributed by atoms with Crippen molar-refractivity contribution in [2.75, 3.05) is 10.7 Å². The van der Waals surface area contributed by atoms with Crippen LogP contribution in [0.2, 0.25) is 0 Å². The number of amides is 1. The van der Waals surface area contributed by atoms with Crippen LogP contribution < -0.4 is 16.6 Å². The monoisotopic (exact) mass is 306 g/mol. The fourth-order valence-corrected chi connectivity index (χ4v) is 1.67. The average molecular weight is 307 g/mol. The zero-order chi connectivity index (χ0) is 13.0. The number of nitrogen functional groups attached to an aromatic ring is 1. The molecule has 0 aliphatic heterocycles. The highest BCUT2D eigenvalue weighted by molar-refractivity contribution is 9.10. The first-order valence-corrected chi connectivity index (χ1v) is 5.98. The predicted octanol–water partition coefficient (Wildman–Crippen LogP) is 2.38. The highest BCUT2D eigenvalue weighted by atomic mass is 79.9. The Kier molecular flexibility index (Phi) is 3.91. The molecular weight excluding hydrogens is 296 g/mol. The first-order chi connectivity index (χ1) is 8.70. The number of aromatic nitrogens is 1. The van der Waals surface area contributed by atoms with Gasteiger partial charge in [0.25, 0.3) is 5.91 Å². The van der Waals surface area contributed by atoms with Gasteiger partial charge in [-0.2, -0.15) is 0 Å². The van der Waals surface area contributed by atoms with Crippen LogP contribution in [0.1, 0.15) is 10.4 Å². The minimum Gasteiger partial charge on any atom is -0.323 e. The van der Waals surface area contributed by atoms with E-state index in [0.717, 1.165) is 4.47 Å². The van der Waals surface area contributed by atoms with E-state index in [9.17, 15) is 4.79 Å². The summed E-state index contributed by atoms with van der Waals surface area (Å²) in [7, 11) is 0. The third-order valence-electron chi connectivity index (χ3n) is 2.30. The summed E-state index contributed by atoms with van der Waals surface area (Å²) >= 11 is 3.28. The van der Waals surface area contributed by atoms with Crippen molar-refractivity contribution in [1.82, 2.24) is 4.98 Å². The van der Waals surface area contributed by atoms with Crippen molar-refractivity contribution < 1.29 is 4.79 Å². The summed E-state index contributed by atoms with van der Waals surface area (Å²) in [5.41, 5.74) is 3.51. The van der Waals surface area contributed by atoms with Crippen LogP contribution in [0, 0.1) is 0 Å². The lowest BCUT2D eigenvalue weighted by Gasteiger charge is -2.08. The maximum atomic E-state index is 12.0.